The second kappa shape index (κ2) is 7.81. The van der Waals surface area contributed by atoms with Gasteiger partial charge in [0.25, 0.3) is 0 Å². The van der Waals surface area contributed by atoms with Gasteiger partial charge in [0.15, 0.2) is 0 Å². The average molecular weight is 425 g/mol. The van der Waals surface area contributed by atoms with E-state index in [0.717, 1.165) is 24.3 Å². The van der Waals surface area contributed by atoms with Crippen molar-refractivity contribution in [3.63, 3.8) is 0 Å². The first-order valence-electron chi connectivity index (χ1n) is 8.53. The highest BCUT2D eigenvalue weighted by Crippen LogP contribution is 2.40. The average Bonchev–Trinajstić information content (AvgIpc) is 2.66. The highest BCUT2D eigenvalue weighted by molar-refractivity contribution is 5.79. The highest BCUT2D eigenvalue weighted by atomic mass is 19.4. The van der Waals surface area contributed by atoms with Gasteiger partial charge in [0.2, 0.25) is 0 Å². The lowest BCUT2D eigenvalue weighted by molar-refractivity contribution is -0.138. The molecular weight excluding hydrogens is 412 g/mol. The summed E-state index contributed by atoms with van der Waals surface area (Å²) in [6.07, 6.45) is -10.2. The fraction of sp³-hybridized carbons (Fsp3) is 0.143. The first-order valence-corrected chi connectivity index (χ1v) is 8.53. The van der Waals surface area contributed by atoms with Crippen molar-refractivity contribution in [1.82, 2.24) is 4.98 Å². The smallest absolute Gasteiger partial charge is 0.417 e. The number of carbonyl (C=O) groups is 1. The monoisotopic (exact) mass is 425 g/mol. The van der Waals surface area contributed by atoms with Crippen LogP contribution in [0.3, 0.4) is 0 Å². The third-order valence-corrected chi connectivity index (χ3v) is 4.32. The molecule has 0 aliphatic heterocycles. The van der Waals surface area contributed by atoms with Gasteiger partial charge in [-0.1, -0.05) is 42.5 Å². The molecule has 1 N–H and O–H groups in total. The van der Waals surface area contributed by atoms with Crippen molar-refractivity contribution in [3.8, 4) is 22.4 Å². The Hall–Kier alpha value is -3.36. The molecule has 30 heavy (non-hydrogen) atoms. The maximum absolute atomic E-state index is 13.4. The van der Waals surface area contributed by atoms with Crippen molar-refractivity contribution in [3.05, 3.63) is 77.5 Å². The molecule has 0 atom stereocenters. The van der Waals surface area contributed by atoms with Crippen molar-refractivity contribution in [2.75, 3.05) is 0 Å². The topological polar surface area (TPSA) is 50.2 Å². The van der Waals surface area contributed by atoms with Crippen LogP contribution in [0.1, 0.15) is 16.8 Å². The number of carboxylic acids is 1. The van der Waals surface area contributed by atoms with Gasteiger partial charge in [0.1, 0.15) is 0 Å². The van der Waals surface area contributed by atoms with Gasteiger partial charge in [0, 0.05) is 11.1 Å². The van der Waals surface area contributed by atoms with Gasteiger partial charge < -0.3 is 5.11 Å². The lowest BCUT2D eigenvalue weighted by atomic mass is 9.95. The molecule has 0 spiro atoms. The van der Waals surface area contributed by atoms with Crippen LogP contribution in [0, 0.1) is 0 Å². The largest absolute Gasteiger partial charge is 0.481 e. The minimum absolute atomic E-state index is 0.112. The summed E-state index contributed by atoms with van der Waals surface area (Å²) in [5, 5.41) is 9.17. The van der Waals surface area contributed by atoms with E-state index in [1.807, 2.05) is 0 Å². The van der Waals surface area contributed by atoms with E-state index in [1.165, 1.54) is 36.4 Å². The lowest BCUT2D eigenvalue weighted by Crippen LogP contribution is -2.11. The molecule has 1 heterocycles. The van der Waals surface area contributed by atoms with Gasteiger partial charge in [-0.05, 0) is 23.8 Å². The zero-order chi connectivity index (χ0) is 22.1. The first-order chi connectivity index (χ1) is 14.0. The quantitative estimate of drug-likeness (QED) is 0.516. The summed E-state index contributed by atoms with van der Waals surface area (Å²) in [6, 6.07) is 11.4. The van der Waals surface area contributed by atoms with Gasteiger partial charge in [0.05, 0.1) is 28.9 Å². The third kappa shape index (κ3) is 4.45. The van der Waals surface area contributed by atoms with Gasteiger partial charge in [-0.25, -0.2) is 0 Å². The fourth-order valence-corrected chi connectivity index (χ4v) is 3.09. The molecule has 9 heteroatoms. The van der Waals surface area contributed by atoms with E-state index in [1.54, 1.807) is 0 Å². The number of aliphatic carboxylic acids is 1. The second-order valence-corrected chi connectivity index (χ2v) is 6.35. The second-order valence-electron chi connectivity index (χ2n) is 6.35. The van der Waals surface area contributed by atoms with Crippen LogP contribution in [0.4, 0.5) is 26.3 Å². The Morgan fingerprint density at radius 3 is 1.77 bits per heavy atom. The predicted molar refractivity (Wildman–Crippen MR) is 96.5 cm³/mol. The molecule has 0 radical (unpaired) electrons. The van der Waals surface area contributed by atoms with E-state index in [-0.39, 0.29) is 28.1 Å². The van der Waals surface area contributed by atoms with Crippen molar-refractivity contribution in [2.24, 2.45) is 0 Å². The number of nitrogens with zero attached hydrogens (tertiary/aromatic N) is 1. The predicted octanol–water partition coefficient (Wildman–Crippen LogP) is 6.08. The van der Waals surface area contributed by atoms with Crippen LogP contribution in [0.2, 0.25) is 0 Å². The highest BCUT2D eigenvalue weighted by Gasteiger charge is 2.35. The van der Waals surface area contributed by atoms with Crippen molar-refractivity contribution in [2.45, 2.75) is 18.8 Å². The molecule has 0 unspecified atom stereocenters. The molecule has 0 amide bonds. The van der Waals surface area contributed by atoms with Gasteiger partial charge in [-0.15, -0.1) is 0 Å². The van der Waals surface area contributed by atoms with E-state index in [2.05, 4.69) is 4.98 Å². The molecule has 0 fully saturated rings. The van der Waals surface area contributed by atoms with Crippen LogP contribution < -0.4 is 0 Å². The summed E-state index contributed by atoms with van der Waals surface area (Å²) in [7, 11) is 0. The molecule has 2 aromatic carbocycles. The minimum atomic E-state index is -4.71. The van der Waals surface area contributed by atoms with Crippen LogP contribution in [-0.4, -0.2) is 16.1 Å². The molecule has 3 aromatic rings. The Kier molecular flexibility index (Phi) is 5.56. The number of halogens is 6. The molecule has 156 valence electrons. The molecule has 0 aliphatic rings. The molecule has 0 saturated carbocycles. The number of hydrogen-bond donors (Lipinski definition) is 1. The summed E-state index contributed by atoms with van der Waals surface area (Å²) in [5.74, 6) is -1.38. The molecular formula is C21H13F6NO2. The molecule has 0 bridgehead atoms. The van der Waals surface area contributed by atoms with Crippen molar-refractivity contribution >= 4 is 5.97 Å². The number of pyridine rings is 1. The van der Waals surface area contributed by atoms with Gasteiger partial charge in [-0.3, -0.25) is 9.78 Å². The number of benzene rings is 2. The van der Waals surface area contributed by atoms with Crippen LogP contribution in [0.25, 0.3) is 22.4 Å². The third-order valence-electron chi connectivity index (χ3n) is 4.32. The summed E-state index contributed by atoms with van der Waals surface area (Å²) in [4.78, 5) is 15.3. The standard InChI is InChI=1S/C21H13F6NO2/c22-20(23,24)15-7-3-1-5-12(15)13-9-10-17(28-18(13)11-19(29)30)14-6-2-4-8-16(14)21(25,26)27/h1-10H,11H2,(H,29,30). The number of carboxylic acid groups (broad SMARTS) is 1. The van der Waals surface area contributed by atoms with E-state index in [9.17, 15) is 36.2 Å². The van der Waals surface area contributed by atoms with E-state index >= 15 is 0 Å². The fourth-order valence-electron chi connectivity index (χ4n) is 3.09. The SMILES string of the molecule is O=C(O)Cc1nc(-c2ccccc2C(F)(F)F)ccc1-c1ccccc1C(F)(F)F. The minimum Gasteiger partial charge on any atom is -0.481 e. The Morgan fingerprint density at radius 2 is 1.23 bits per heavy atom. The van der Waals surface area contributed by atoms with Crippen LogP contribution in [-0.2, 0) is 23.6 Å². The maximum atomic E-state index is 13.4. The summed E-state index contributed by atoms with van der Waals surface area (Å²) < 4.78 is 80.2. The van der Waals surface area contributed by atoms with Crippen LogP contribution in [0.15, 0.2) is 60.7 Å². The summed E-state index contributed by atoms with van der Waals surface area (Å²) >= 11 is 0. The normalized spacial score (nSPS) is 12.1. The Balaban J connectivity index is 2.23. The number of aromatic nitrogens is 1. The van der Waals surface area contributed by atoms with Crippen LogP contribution in [0.5, 0.6) is 0 Å². The Morgan fingerprint density at radius 1 is 0.733 bits per heavy atom. The number of rotatable bonds is 4. The number of alkyl halides is 6. The molecule has 0 saturated heterocycles. The molecule has 3 nitrogen and oxygen atoms in total. The Labute approximate surface area is 166 Å². The van der Waals surface area contributed by atoms with Gasteiger partial charge >= 0.3 is 18.3 Å². The summed E-state index contributed by atoms with van der Waals surface area (Å²) in [5.41, 5.74) is -3.15. The van der Waals surface area contributed by atoms with E-state index in [4.69, 9.17) is 0 Å². The number of hydrogen-bond acceptors (Lipinski definition) is 2. The van der Waals surface area contributed by atoms with Gasteiger partial charge in [-0.2, -0.15) is 26.3 Å². The molecule has 0 aliphatic carbocycles. The van der Waals surface area contributed by atoms with Crippen molar-refractivity contribution in [1.29, 1.82) is 0 Å². The van der Waals surface area contributed by atoms with E-state index in [0.29, 0.717) is 0 Å². The first kappa shape index (κ1) is 21.4. The zero-order valence-corrected chi connectivity index (χ0v) is 15.1. The maximum Gasteiger partial charge on any atom is 0.417 e. The zero-order valence-electron chi connectivity index (χ0n) is 15.1. The van der Waals surface area contributed by atoms with Crippen LogP contribution >= 0.6 is 0 Å². The Bertz CT molecular complexity index is 1090. The summed E-state index contributed by atoms with van der Waals surface area (Å²) in [6.45, 7) is 0. The van der Waals surface area contributed by atoms with E-state index < -0.39 is 35.9 Å². The molecule has 3 rings (SSSR count). The lowest BCUT2D eigenvalue weighted by Gasteiger charge is -2.17. The van der Waals surface area contributed by atoms with Crippen molar-refractivity contribution < 1.29 is 36.2 Å². The molecule has 1 aromatic heterocycles.